The number of piperazine rings is 1. The van der Waals surface area contributed by atoms with Crippen LogP contribution in [-0.4, -0.2) is 67.2 Å². The van der Waals surface area contributed by atoms with Crippen molar-refractivity contribution >= 4 is 5.84 Å². The topological polar surface area (TPSA) is 74.3 Å². The number of hydrogen-bond donors (Lipinski definition) is 2. The molecule has 0 saturated carbocycles. The van der Waals surface area contributed by atoms with Gasteiger partial charge in [0.15, 0.2) is 5.84 Å². The summed E-state index contributed by atoms with van der Waals surface area (Å²) >= 11 is 0. The third kappa shape index (κ3) is 4.61. The number of rotatable bonds is 6. The van der Waals surface area contributed by atoms with Crippen molar-refractivity contribution in [1.29, 1.82) is 0 Å². The molecule has 1 aromatic rings. The summed E-state index contributed by atoms with van der Waals surface area (Å²) in [4.78, 5) is 4.80. The molecule has 0 aromatic heterocycles. The van der Waals surface area contributed by atoms with Crippen LogP contribution in [0.4, 0.5) is 0 Å². The van der Waals surface area contributed by atoms with E-state index >= 15 is 0 Å². The largest absolute Gasteiger partial charge is 0.493 e. The normalized spacial score (nSPS) is 17.9. The second kappa shape index (κ2) is 7.85. The van der Waals surface area contributed by atoms with Crippen molar-refractivity contribution in [2.24, 2.45) is 10.9 Å². The van der Waals surface area contributed by atoms with Crippen molar-refractivity contribution in [3.05, 3.63) is 29.8 Å². The maximum atomic E-state index is 8.77. The molecule has 0 amide bonds. The first kappa shape index (κ1) is 15.6. The molecule has 3 N–H and O–H groups in total. The van der Waals surface area contributed by atoms with Gasteiger partial charge in [-0.05, 0) is 25.6 Å². The lowest BCUT2D eigenvalue weighted by molar-refractivity contribution is 0.145. The van der Waals surface area contributed by atoms with Crippen molar-refractivity contribution in [3.63, 3.8) is 0 Å². The lowest BCUT2D eigenvalue weighted by Crippen LogP contribution is -2.44. The first-order valence-electron chi connectivity index (χ1n) is 7.31. The molecule has 1 aromatic carbocycles. The van der Waals surface area contributed by atoms with Gasteiger partial charge in [-0.2, -0.15) is 0 Å². The Morgan fingerprint density at radius 2 is 2.00 bits per heavy atom. The smallest absolute Gasteiger partial charge is 0.173 e. The number of hydrogen-bond acceptors (Lipinski definition) is 5. The Morgan fingerprint density at radius 1 is 1.29 bits per heavy atom. The Morgan fingerprint density at radius 3 is 2.71 bits per heavy atom. The van der Waals surface area contributed by atoms with Crippen LogP contribution in [0.3, 0.4) is 0 Å². The number of ether oxygens (including phenoxy) is 1. The van der Waals surface area contributed by atoms with Crippen LogP contribution in [-0.2, 0) is 0 Å². The highest BCUT2D eigenvalue weighted by Gasteiger charge is 2.13. The van der Waals surface area contributed by atoms with Gasteiger partial charge in [0.25, 0.3) is 0 Å². The number of nitrogens with two attached hydrogens (primary N) is 1. The third-order valence-electron chi connectivity index (χ3n) is 3.74. The summed E-state index contributed by atoms with van der Waals surface area (Å²) in [5.74, 6) is 0.732. The van der Waals surface area contributed by atoms with Gasteiger partial charge >= 0.3 is 0 Å². The van der Waals surface area contributed by atoms with Crippen LogP contribution in [0.1, 0.15) is 12.0 Å². The van der Waals surface area contributed by atoms with Crippen molar-refractivity contribution in [3.8, 4) is 5.75 Å². The summed E-state index contributed by atoms with van der Waals surface area (Å²) < 4.78 is 5.76. The summed E-state index contributed by atoms with van der Waals surface area (Å²) in [5, 5.41) is 11.8. The molecule has 0 aliphatic carbocycles. The Hall–Kier alpha value is -1.79. The van der Waals surface area contributed by atoms with Gasteiger partial charge in [0, 0.05) is 32.7 Å². The highest BCUT2D eigenvalue weighted by molar-refractivity contribution is 5.99. The predicted molar refractivity (Wildman–Crippen MR) is 83.0 cm³/mol. The average Bonchev–Trinajstić information content (AvgIpc) is 2.53. The molecule has 1 heterocycles. The summed E-state index contributed by atoms with van der Waals surface area (Å²) in [6.07, 6.45) is 0.966. The molecule has 0 atom stereocenters. The fraction of sp³-hybridized carbons (Fsp3) is 0.533. The lowest BCUT2D eigenvalue weighted by atomic mass is 10.2. The Labute approximate surface area is 125 Å². The number of likely N-dealkylation sites (N-methyl/N-ethyl adjacent to an activating group) is 1. The van der Waals surface area contributed by atoms with E-state index in [4.69, 9.17) is 15.7 Å². The maximum absolute atomic E-state index is 8.77. The minimum atomic E-state index is 0.0738. The molecule has 116 valence electrons. The van der Waals surface area contributed by atoms with Gasteiger partial charge in [-0.15, -0.1) is 0 Å². The number of nitrogens with zero attached hydrogens (tertiary/aromatic N) is 3. The summed E-state index contributed by atoms with van der Waals surface area (Å²) in [6, 6.07) is 7.34. The molecule has 6 nitrogen and oxygen atoms in total. The van der Waals surface area contributed by atoms with Crippen molar-refractivity contribution in [1.82, 2.24) is 9.80 Å². The van der Waals surface area contributed by atoms with E-state index in [1.165, 1.54) is 0 Å². The number of amidine groups is 1. The molecule has 6 heteroatoms. The molecule has 1 fully saturated rings. The minimum Gasteiger partial charge on any atom is -0.493 e. The van der Waals surface area contributed by atoms with Crippen molar-refractivity contribution < 1.29 is 9.94 Å². The van der Waals surface area contributed by atoms with Gasteiger partial charge in [0.05, 0.1) is 12.2 Å². The number of para-hydroxylation sites is 1. The van der Waals surface area contributed by atoms with Crippen LogP contribution in [0.5, 0.6) is 5.75 Å². The van der Waals surface area contributed by atoms with E-state index in [0.29, 0.717) is 17.9 Å². The quantitative estimate of drug-likeness (QED) is 0.267. The van der Waals surface area contributed by atoms with Gasteiger partial charge in [-0.25, -0.2) is 0 Å². The first-order valence-corrected chi connectivity index (χ1v) is 7.31. The second-order valence-corrected chi connectivity index (χ2v) is 5.33. The van der Waals surface area contributed by atoms with Gasteiger partial charge in [-0.1, -0.05) is 17.3 Å². The summed E-state index contributed by atoms with van der Waals surface area (Å²) in [6.45, 7) is 6.18. The van der Waals surface area contributed by atoms with E-state index in [2.05, 4.69) is 22.0 Å². The number of benzene rings is 1. The minimum absolute atomic E-state index is 0.0738. The molecular weight excluding hydrogens is 268 g/mol. The van der Waals surface area contributed by atoms with E-state index in [1.54, 1.807) is 6.07 Å². The second-order valence-electron chi connectivity index (χ2n) is 5.33. The molecule has 1 aliphatic heterocycles. The molecule has 1 aliphatic rings. The van der Waals surface area contributed by atoms with E-state index in [0.717, 1.165) is 39.1 Å². The zero-order chi connectivity index (χ0) is 15.1. The molecule has 0 radical (unpaired) electrons. The maximum Gasteiger partial charge on any atom is 0.173 e. The molecule has 1 saturated heterocycles. The summed E-state index contributed by atoms with van der Waals surface area (Å²) in [5.41, 5.74) is 6.26. The molecule has 0 spiro atoms. The Kier molecular flexibility index (Phi) is 5.83. The van der Waals surface area contributed by atoms with Gasteiger partial charge in [0.2, 0.25) is 0 Å². The highest BCUT2D eigenvalue weighted by Crippen LogP contribution is 2.17. The van der Waals surface area contributed by atoms with E-state index < -0.39 is 0 Å². The Bertz CT molecular complexity index is 470. The SMILES string of the molecule is CN1CCN(CCCOc2ccccc2C(N)=NO)CC1. The number of oxime groups is 1. The first-order chi connectivity index (χ1) is 10.2. The fourth-order valence-corrected chi connectivity index (χ4v) is 2.40. The monoisotopic (exact) mass is 292 g/mol. The Balaban J connectivity index is 1.76. The zero-order valence-electron chi connectivity index (χ0n) is 12.5. The van der Waals surface area contributed by atoms with Gasteiger partial charge in [-0.3, -0.25) is 0 Å². The standard InChI is InChI=1S/C15H24N4O2/c1-18-8-10-19(11-9-18)7-4-12-21-14-6-3-2-5-13(14)15(16)17-20/h2-3,5-6,20H,4,7-12H2,1H3,(H2,16,17). The fourth-order valence-electron chi connectivity index (χ4n) is 2.40. The van der Waals surface area contributed by atoms with Crippen molar-refractivity contribution in [2.45, 2.75) is 6.42 Å². The van der Waals surface area contributed by atoms with E-state index in [9.17, 15) is 0 Å². The van der Waals surface area contributed by atoms with Crippen LogP contribution in [0.15, 0.2) is 29.4 Å². The van der Waals surface area contributed by atoms with Crippen LogP contribution < -0.4 is 10.5 Å². The van der Waals surface area contributed by atoms with Crippen molar-refractivity contribution in [2.75, 3.05) is 46.4 Å². The summed E-state index contributed by atoms with van der Waals surface area (Å²) in [7, 11) is 2.16. The van der Waals surface area contributed by atoms with Crippen LogP contribution >= 0.6 is 0 Å². The third-order valence-corrected chi connectivity index (χ3v) is 3.74. The van der Waals surface area contributed by atoms with Gasteiger partial charge < -0.3 is 25.5 Å². The highest BCUT2D eigenvalue weighted by atomic mass is 16.5. The van der Waals surface area contributed by atoms with Crippen LogP contribution in [0.25, 0.3) is 0 Å². The predicted octanol–water partition coefficient (Wildman–Crippen LogP) is 0.797. The average molecular weight is 292 g/mol. The van der Waals surface area contributed by atoms with E-state index in [1.807, 2.05) is 18.2 Å². The molecular formula is C15H24N4O2. The van der Waals surface area contributed by atoms with E-state index in [-0.39, 0.29) is 5.84 Å². The lowest BCUT2D eigenvalue weighted by Gasteiger charge is -2.32. The molecule has 2 rings (SSSR count). The van der Waals surface area contributed by atoms with Crippen LogP contribution in [0.2, 0.25) is 0 Å². The molecule has 0 unspecified atom stereocenters. The zero-order valence-corrected chi connectivity index (χ0v) is 12.5. The van der Waals surface area contributed by atoms with Gasteiger partial charge in [0.1, 0.15) is 5.75 Å². The molecule has 0 bridgehead atoms. The molecule has 21 heavy (non-hydrogen) atoms. The van der Waals surface area contributed by atoms with Crippen LogP contribution in [0, 0.1) is 0 Å².